The van der Waals surface area contributed by atoms with Crippen LogP contribution in [0.3, 0.4) is 0 Å². The Morgan fingerprint density at radius 1 is 1.19 bits per heavy atom. The van der Waals surface area contributed by atoms with Crippen molar-refractivity contribution in [3.05, 3.63) is 81.2 Å². The summed E-state index contributed by atoms with van der Waals surface area (Å²) in [6.07, 6.45) is 1.49. The minimum absolute atomic E-state index is 0.342. The molecule has 27 heavy (non-hydrogen) atoms. The molecule has 2 heterocycles. The first kappa shape index (κ1) is 17.5. The van der Waals surface area contributed by atoms with Gasteiger partial charge in [-0.1, -0.05) is 37.3 Å². The molecule has 0 saturated carbocycles. The van der Waals surface area contributed by atoms with Crippen LogP contribution in [0.15, 0.2) is 57.7 Å². The van der Waals surface area contributed by atoms with E-state index in [0.29, 0.717) is 25.1 Å². The molecule has 1 aliphatic rings. The van der Waals surface area contributed by atoms with Gasteiger partial charge in [0.2, 0.25) is 5.91 Å². The predicted octanol–water partition coefficient (Wildman–Crippen LogP) is 2.77. The molecule has 1 amide bonds. The second kappa shape index (κ2) is 7.00. The number of nitrogens with two attached hydrogens (primary N) is 1. The molecular formula is C22H22N2O3. The van der Waals surface area contributed by atoms with E-state index in [1.54, 1.807) is 0 Å². The number of nitrogens with zero attached hydrogens (tertiary/aromatic N) is 1. The van der Waals surface area contributed by atoms with Gasteiger partial charge in [-0.3, -0.25) is 9.69 Å². The van der Waals surface area contributed by atoms with Crippen LogP contribution in [0.1, 0.15) is 29.2 Å². The molecule has 1 aromatic heterocycles. The van der Waals surface area contributed by atoms with Crippen molar-refractivity contribution in [1.29, 1.82) is 0 Å². The molecule has 3 aromatic rings. The second-order valence-electron chi connectivity index (χ2n) is 7.07. The fraction of sp³-hybridized carbons (Fsp3) is 0.273. The minimum Gasteiger partial charge on any atom is -0.423 e. The minimum atomic E-state index is -0.392. The summed E-state index contributed by atoms with van der Waals surface area (Å²) in [5, 5.41) is 0.913. The van der Waals surface area contributed by atoms with Crippen LogP contribution in [0.25, 0.3) is 11.0 Å². The summed E-state index contributed by atoms with van der Waals surface area (Å²) in [5.41, 5.74) is 10.3. The second-order valence-corrected chi connectivity index (χ2v) is 7.07. The lowest BCUT2D eigenvalue weighted by molar-refractivity contribution is -0.124. The molecule has 0 spiro atoms. The molecular weight excluding hydrogens is 340 g/mol. The van der Waals surface area contributed by atoms with E-state index in [2.05, 4.69) is 24.0 Å². The molecule has 1 unspecified atom stereocenters. The zero-order valence-corrected chi connectivity index (χ0v) is 15.3. The average molecular weight is 362 g/mol. The van der Waals surface area contributed by atoms with Gasteiger partial charge in [-0.05, 0) is 47.2 Å². The smallest absolute Gasteiger partial charge is 0.336 e. The van der Waals surface area contributed by atoms with E-state index in [1.807, 2.05) is 30.3 Å². The Balaban J connectivity index is 1.76. The van der Waals surface area contributed by atoms with Gasteiger partial charge < -0.3 is 10.2 Å². The Morgan fingerprint density at radius 2 is 1.96 bits per heavy atom. The Hall–Kier alpha value is -2.92. The Kier molecular flexibility index (Phi) is 4.54. The highest BCUT2D eigenvalue weighted by atomic mass is 16.4. The zero-order chi connectivity index (χ0) is 19.0. The molecule has 0 bridgehead atoms. The summed E-state index contributed by atoms with van der Waals surface area (Å²) in [6, 6.07) is 15.1. The number of amides is 1. The highest BCUT2D eigenvalue weighted by Crippen LogP contribution is 2.27. The summed E-state index contributed by atoms with van der Waals surface area (Å²) in [7, 11) is 0. The summed E-state index contributed by atoms with van der Waals surface area (Å²) < 4.78 is 5.36. The molecule has 0 saturated heterocycles. The monoisotopic (exact) mass is 362 g/mol. The third kappa shape index (κ3) is 3.38. The number of benzene rings is 2. The van der Waals surface area contributed by atoms with Crippen LogP contribution in [-0.4, -0.2) is 16.8 Å². The van der Waals surface area contributed by atoms with Gasteiger partial charge in [0.1, 0.15) is 5.58 Å². The number of carbonyl (C=O) groups is 1. The normalized spacial score (nSPS) is 17.0. The summed E-state index contributed by atoms with van der Waals surface area (Å²) >= 11 is 0. The van der Waals surface area contributed by atoms with Crippen LogP contribution in [0.2, 0.25) is 0 Å². The predicted molar refractivity (Wildman–Crippen MR) is 104 cm³/mol. The number of rotatable bonds is 4. The van der Waals surface area contributed by atoms with Gasteiger partial charge in [0.25, 0.3) is 0 Å². The number of aryl methyl sites for hydroxylation is 1. The number of fused-ring (bicyclic) bond motifs is 2. The van der Waals surface area contributed by atoms with Gasteiger partial charge in [0.15, 0.2) is 0 Å². The van der Waals surface area contributed by atoms with Gasteiger partial charge >= 0.3 is 5.63 Å². The van der Waals surface area contributed by atoms with Crippen molar-refractivity contribution in [2.45, 2.75) is 38.9 Å². The van der Waals surface area contributed by atoms with E-state index in [-0.39, 0.29) is 11.5 Å². The highest BCUT2D eigenvalue weighted by molar-refractivity contribution is 5.82. The van der Waals surface area contributed by atoms with E-state index >= 15 is 0 Å². The summed E-state index contributed by atoms with van der Waals surface area (Å²) in [6.45, 7) is 3.18. The molecule has 0 radical (unpaired) electrons. The van der Waals surface area contributed by atoms with Gasteiger partial charge in [0.05, 0.1) is 6.04 Å². The van der Waals surface area contributed by atoms with Gasteiger partial charge in [-0.15, -0.1) is 0 Å². The topological polar surface area (TPSA) is 76.5 Å². The van der Waals surface area contributed by atoms with Crippen molar-refractivity contribution >= 4 is 16.9 Å². The van der Waals surface area contributed by atoms with Crippen molar-refractivity contribution in [2.75, 3.05) is 0 Å². The van der Waals surface area contributed by atoms with Crippen molar-refractivity contribution in [1.82, 2.24) is 4.90 Å². The highest BCUT2D eigenvalue weighted by Gasteiger charge is 2.30. The van der Waals surface area contributed by atoms with E-state index in [0.717, 1.165) is 22.9 Å². The van der Waals surface area contributed by atoms with E-state index < -0.39 is 6.04 Å². The average Bonchev–Trinajstić information content (AvgIpc) is 2.67. The molecule has 138 valence electrons. The van der Waals surface area contributed by atoms with E-state index in [4.69, 9.17) is 10.2 Å². The van der Waals surface area contributed by atoms with Crippen LogP contribution >= 0.6 is 0 Å². The van der Waals surface area contributed by atoms with Crippen molar-refractivity contribution in [3.8, 4) is 0 Å². The first-order valence-electron chi connectivity index (χ1n) is 9.21. The molecule has 1 aliphatic heterocycles. The van der Waals surface area contributed by atoms with Crippen LogP contribution in [-0.2, 0) is 30.7 Å². The molecule has 4 rings (SSSR count). The first-order valence-corrected chi connectivity index (χ1v) is 9.21. The lowest BCUT2D eigenvalue weighted by Crippen LogP contribution is -2.48. The largest absolute Gasteiger partial charge is 0.423 e. The van der Waals surface area contributed by atoms with Crippen molar-refractivity contribution < 1.29 is 9.21 Å². The standard InChI is InChI=1S/C22H22N2O3/c1-2-14-7-8-20-18(9-14)17(11-21(25)27-20)13-24-12-16-6-4-3-5-15(16)10-19(24)22(23)26/h3-9,11,19H,2,10,12-13H2,1H3,(H2,23,26). The number of hydrogen-bond acceptors (Lipinski definition) is 4. The maximum absolute atomic E-state index is 12.1. The lowest BCUT2D eigenvalue weighted by atomic mass is 9.93. The van der Waals surface area contributed by atoms with Gasteiger partial charge in [-0.2, -0.15) is 0 Å². The third-order valence-electron chi connectivity index (χ3n) is 5.35. The maximum atomic E-state index is 12.1. The van der Waals surface area contributed by atoms with E-state index in [9.17, 15) is 9.59 Å². The lowest BCUT2D eigenvalue weighted by Gasteiger charge is -2.35. The molecule has 2 N–H and O–H groups in total. The molecule has 1 atom stereocenters. The molecule has 0 fully saturated rings. The van der Waals surface area contributed by atoms with Gasteiger partial charge in [-0.25, -0.2) is 4.79 Å². The molecule has 5 heteroatoms. The number of primary amides is 1. The van der Waals surface area contributed by atoms with E-state index in [1.165, 1.54) is 17.2 Å². The number of hydrogen-bond donors (Lipinski definition) is 1. The summed E-state index contributed by atoms with van der Waals surface area (Å²) in [5.74, 6) is -0.342. The molecule has 2 aromatic carbocycles. The summed E-state index contributed by atoms with van der Waals surface area (Å²) in [4.78, 5) is 26.2. The third-order valence-corrected chi connectivity index (χ3v) is 5.35. The zero-order valence-electron chi connectivity index (χ0n) is 15.3. The molecule has 0 aliphatic carbocycles. The van der Waals surface area contributed by atoms with Crippen molar-refractivity contribution in [3.63, 3.8) is 0 Å². The Morgan fingerprint density at radius 3 is 2.70 bits per heavy atom. The van der Waals surface area contributed by atoms with Crippen LogP contribution in [0, 0.1) is 0 Å². The first-order chi connectivity index (χ1) is 13.0. The van der Waals surface area contributed by atoms with Crippen LogP contribution < -0.4 is 11.4 Å². The quantitative estimate of drug-likeness (QED) is 0.724. The van der Waals surface area contributed by atoms with Crippen LogP contribution in [0.4, 0.5) is 0 Å². The van der Waals surface area contributed by atoms with Crippen molar-refractivity contribution in [2.24, 2.45) is 5.73 Å². The Bertz CT molecular complexity index is 1070. The SMILES string of the molecule is CCc1ccc2oc(=O)cc(CN3Cc4ccccc4CC3C(N)=O)c2c1. The van der Waals surface area contributed by atoms with Gasteiger partial charge in [0, 0.05) is 24.5 Å². The fourth-order valence-corrected chi connectivity index (χ4v) is 3.87. The maximum Gasteiger partial charge on any atom is 0.336 e. The van der Waals surface area contributed by atoms with Crippen LogP contribution in [0.5, 0.6) is 0 Å². The Labute approximate surface area is 157 Å². The number of carbonyl (C=O) groups excluding carboxylic acids is 1. The molecule has 5 nitrogen and oxygen atoms in total. The fourth-order valence-electron chi connectivity index (χ4n) is 3.87.